The van der Waals surface area contributed by atoms with Crippen molar-refractivity contribution in [2.24, 2.45) is 58.3 Å². The van der Waals surface area contributed by atoms with Crippen molar-refractivity contribution in [1.82, 2.24) is 5.32 Å². The Bertz CT molecular complexity index is 1740. The summed E-state index contributed by atoms with van der Waals surface area (Å²) >= 11 is 0. The van der Waals surface area contributed by atoms with Gasteiger partial charge in [-0.1, -0.05) is 50.3 Å². The van der Waals surface area contributed by atoms with Crippen LogP contribution in [-0.4, -0.2) is 34.6 Å². The quantitative estimate of drug-likeness (QED) is 0.275. The number of nitrogens with two attached hydrogens (primary N) is 2. The summed E-state index contributed by atoms with van der Waals surface area (Å²) in [4.78, 5) is 0. The highest BCUT2D eigenvalue weighted by molar-refractivity contribution is 5.93. The van der Waals surface area contributed by atoms with Gasteiger partial charge < -0.3 is 26.6 Å². The molecule has 4 saturated carbocycles. The minimum absolute atomic E-state index is 0.133. The topological polar surface area (TPSA) is 93.5 Å². The third-order valence-electron chi connectivity index (χ3n) is 15.9. The first-order valence-corrected chi connectivity index (χ1v) is 19.5. The average Bonchev–Trinajstić information content (AvgIpc) is 3.41. The van der Waals surface area contributed by atoms with Crippen LogP contribution in [-0.2, 0) is 4.74 Å². The van der Waals surface area contributed by atoms with E-state index in [4.69, 9.17) is 16.2 Å². The fourth-order valence-corrected chi connectivity index (χ4v) is 15.1. The van der Waals surface area contributed by atoms with Gasteiger partial charge in [0, 0.05) is 42.0 Å². The second kappa shape index (κ2) is 9.99. The lowest BCUT2D eigenvalue weighted by Gasteiger charge is -2.76. The van der Waals surface area contributed by atoms with E-state index in [2.05, 4.69) is 81.7 Å². The molecule has 1 unspecified atom stereocenters. The van der Waals surface area contributed by atoms with Crippen molar-refractivity contribution in [3.63, 3.8) is 0 Å². The van der Waals surface area contributed by atoms with Crippen LogP contribution in [0, 0.1) is 46.8 Å². The molecule has 3 aliphatic heterocycles. The fourth-order valence-electron chi connectivity index (χ4n) is 15.1. The highest BCUT2D eigenvalue weighted by atomic mass is 16.5. The minimum atomic E-state index is -0.395. The monoisotopic (exact) mass is 647 g/mol. The van der Waals surface area contributed by atoms with Crippen LogP contribution in [0.15, 0.2) is 54.3 Å². The molecule has 48 heavy (non-hydrogen) atoms. The number of aliphatic hydroxyl groups is 1. The zero-order chi connectivity index (χ0) is 33.0. The molecule has 3 heterocycles. The lowest BCUT2D eigenvalue weighted by molar-refractivity contribution is -0.340. The number of aliphatic hydroxyl groups excluding tert-OH is 1. The summed E-state index contributed by atoms with van der Waals surface area (Å²) in [6, 6.07) is 12.1. The largest absolute Gasteiger partial charge is 0.396 e. The predicted molar refractivity (Wildman–Crippen MR) is 192 cm³/mol. The maximum atomic E-state index is 10.8. The van der Waals surface area contributed by atoms with E-state index in [-0.39, 0.29) is 35.8 Å². The standard InChI is InChI=1S/C43H57N3O2/c1-23(2)16-24-14-15-41(17-24)18-31-34(26-9-13-33(44)46-20-26)28-7-5-6-25-8-11-29-37(35(25)28)36(31)32(19-41)43-22-42(45)27(21-47)10-12-30(38(29)43)39(42)40(3,4)48-43/h5-9,11,13,20,23-24,27,30-34,36,38-39,46-47H,10,12,14-19,21-22,44-45H2,1-4H3/t24-,27+,30+,31+,32-,33?,34-,36+,38-,39+,41-,42-,43+/m1/s1. The number of benzene rings is 2. The number of hydrogen-bond acceptors (Lipinski definition) is 5. The van der Waals surface area contributed by atoms with Crippen LogP contribution in [0.5, 0.6) is 0 Å². The summed E-state index contributed by atoms with van der Waals surface area (Å²) in [5.74, 6) is 4.47. The van der Waals surface area contributed by atoms with Gasteiger partial charge in [0.05, 0.1) is 17.4 Å². The second-order valence-electron chi connectivity index (χ2n) is 19.2. The summed E-state index contributed by atoms with van der Waals surface area (Å²) in [5.41, 5.74) is 19.6. The molecule has 6 fully saturated rings. The van der Waals surface area contributed by atoms with Crippen LogP contribution in [0.2, 0.25) is 0 Å². The molecule has 5 heteroatoms. The van der Waals surface area contributed by atoms with Crippen LogP contribution in [0.25, 0.3) is 10.8 Å². The molecule has 9 aliphatic rings. The Balaban J connectivity index is 1.24. The van der Waals surface area contributed by atoms with Crippen LogP contribution >= 0.6 is 0 Å². The van der Waals surface area contributed by atoms with Crippen LogP contribution in [0.4, 0.5) is 0 Å². The van der Waals surface area contributed by atoms with Crippen molar-refractivity contribution in [1.29, 1.82) is 0 Å². The van der Waals surface area contributed by atoms with E-state index < -0.39 is 5.54 Å². The number of nitrogens with one attached hydrogen (secondary N) is 1. The van der Waals surface area contributed by atoms with Crippen molar-refractivity contribution in [3.8, 4) is 0 Å². The Morgan fingerprint density at radius 3 is 2.65 bits per heavy atom. The number of hydrogen-bond donors (Lipinski definition) is 4. The van der Waals surface area contributed by atoms with E-state index in [0.717, 1.165) is 31.1 Å². The molecule has 5 nitrogen and oxygen atoms in total. The van der Waals surface area contributed by atoms with Gasteiger partial charge in [-0.3, -0.25) is 0 Å². The Morgan fingerprint density at radius 1 is 1.02 bits per heavy atom. The lowest BCUT2D eigenvalue weighted by atomic mass is 9.35. The molecular weight excluding hydrogens is 590 g/mol. The van der Waals surface area contributed by atoms with E-state index in [0.29, 0.717) is 40.9 Å². The van der Waals surface area contributed by atoms with Crippen LogP contribution < -0.4 is 16.8 Å². The first kappa shape index (κ1) is 30.6. The molecule has 13 atom stereocenters. The van der Waals surface area contributed by atoms with E-state index in [1.165, 1.54) is 60.4 Å². The minimum Gasteiger partial charge on any atom is -0.396 e. The van der Waals surface area contributed by atoms with Gasteiger partial charge in [-0.05, 0) is 152 Å². The number of ether oxygens (including phenoxy) is 1. The Labute approximate surface area is 287 Å². The van der Waals surface area contributed by atoms with Crippen molar-refractivity contribution >= 4 is 10.8 Å². The van der Waals surface area contributed by atoms with Gasteiger partial charge in [-0.2, -0.15) is 0 Å². The van der Waals surface area contributed by atoms with Gasteiger partial charge >= 0.3 is 0 Å². The third-order valence-corrected chi connectivity index (χ3v) is 15.9. The zero-order valence-corrected chi connectivity index (χ0v) is 29.6. The molecule has 2 saturated heterocycles. The van der Waals surface area contributed by atoms with E-state index in [1.807, 2.05) is 0 Å². The van der Waals surface area contributed by atoms with Gasteiger partial charge in [0.15, 0.2) is 0 Å². The van der Waals surface area contributed by atoms with Crippen LogP contribution in [0.1, 0.15) is 120 Å². The highest BCUT2D eigenvalue weighted by Crippen LogP contribution is 2.77. The van der Waals surface area contributed by atoms with Gasteiger partial charge in [0.2, 0.25) is 0 Å². The van der Waals surface area contributed by atoms with Crippen molar-refractivity contribution < 1.29 is 9.84 Å². The normalized spacial score (nSPS) is 47.3. The molecule has 6 N–H and O–H groups in total. The molecule has 256 valence electrons. The number of rotatable bonds is 4. The average molecular weight is 648 g/mol. The molecule has 2 aromatic rings. The molecule has 0 radical (unpaired) electrons. The van der Waals surface area contributed by atoms with E-state index in [9.17, 15) is 5.11 Å². The summed E-state index contributed by atoms with van der Waals surface area (Å²) < 4.78 is 7.84. The van der Waals surface area contributed by atoms with Gasteiger partial charge in [0.1, 0.15) is 0 Å². The van der Waals surface area contributed by atoms with E-state index in [1.54, 1.807) is 11.1 Å². The molecule has 2 aromatic carbocycles. The third kappa shape index (κ3) is 3.83. The van der Waals surface area contributed by atoms with Crippen molar-refractivity contribution in [2.75, 3.05) is 6.61 Å². The molecule has 6 aliphatic carbocycles. The fraction of sp³-hybridized carbons (Fsp3) is 0.674. The van der Waals surface area contributed by atoms with Gasteiger partial charge in [-0.25, -0.2) is 0 Å². The van der Waals surface area contributed by atoms with E-state index >= 15 is 0 Å². The Morgan fingerprint density at radius 2 is 1.88 bits per heavy atom. The van der Waals surface area contributed by atoms with Crippen molar-refractivity contribution in [2.45, 2.75) is 126 Å². The summed E-state index contributed by atoms with van der Waals surface area (Å²) in [6.07, 6.45) is 17.6. The Kier molecular flexibility index (Phi) is 6.37. The maximum Gasteiger partial charge on any atom is 0.0934 e. The molecule has 4 bridgehead atoms. The summed E-state index contributed by atoms with van der Waals surface area (Å²) in [5, 5.41) is 17.3. The summed E-state index contributed by atoms with van der Waals surface area (Å²) in [6.45, 7) is 9.73. The SMILES string of the molecule is CC(C)C[C@H]1CC[C@@]2(C1)C[C@@H]1[C@@H]3c4c(ccc5cccc(c45)[C@H]1C1=CNC(N)C=C1)[C@@H]1[C@@H]4CC[C@@H](CO)[C@]5(N)C[C@]1(OC(C)(C)[C@H]45)[C@@H]3C2. The zero-order valence-electron chi connectivity index (χ0n) is 29.6. The molecule has 0 aromatic heterocycles. The van der Waals surface area contributed by atoms with Crippen LogP contribution in [0.3, 0.4) is 0 Å². The molecule has 2 spiro atoms. The van der Waals surface area contributed by atoms with Crippen molar-refractivity contribution in [3.05, 3.63) is 70.9 Å². The molecular formula is C43H57N3O2. The first-order chi connectivity index (χ1) is 23.0. The number of dihydropyridines is 1. The smallest absolute Gasteiger partial charge is 0.0934 e. The number of fused-ring (bicyclic) bond motifs is 1. The summed E-state index contributed by atoms with van der Waals surface area (Å²) in [7, 11) is 0. The second-order valence-corrected chi connectivity index (χ2v) is 19.2. The predicted octanol–water partition coefficient (Wildman–Crippen LogP) is 7.59. The van der Waals surface area contributed by atoms with Gasteiger partial charge in [-0.15, -0.1) is 0 Å². The lowest BCUT2D eigenvalue weighted by Crippen LogP contribution is -2.81. The first-order valence-electron chi connectivity index (χ1n) is 19.5. The molecule has 0 amide bonds. The maximum absolute atomic E-state index is 10.8. The number of allylic oxidation sites excluding steroid dienone is 2. The Hall–Kier alpha value is -2.18. The molecule has 11 rings (SSSR count). The highest BCUT2D eigenvalue weighted by Gasteiger charge is 2.77. The van der Waals surface area contributed by atoms with Gasteiger partial charge in [0.25, 0.3) is 0 Å².